The van der Waals surface area contributed by atoms with Gasteiger partial charge in [0.25, 0.3) is 0 Å². The minimum Gasteiger partial charge on any atom is -0.385 e. The maximum atomic E-state index is 9.64. The molecule has 4 heteroatoms. The molecule has 11 heavy (non-hydrogen) atoms. The Labute approximate surface area is 86.2 Å². The number of hydrogen-bond donors (Lipinski definition) is 0. The van der Waals surface area contributed by atoms with Crippen LogP contribution in [0.2, 0.25) is 0 Å². The van der Waals surface area contributed by atoms with E-state index in [1.165, 1.54) is 0 Å². The summed E-state index contributed by atoms with van der Waals surface area (Å²) in [6.07, 6.45) is 5.58. The first-order chi connectivity index (χ1) is 4.68. The average molecular weight is 205 g/mol. The molecule has 0 rings (SSSR count). The van der Waals surface area contributed by atoms with Gasteiger partial charge in [-0.3, -0.25) is 0 Å². The predicted octanol–water partition coefficient (Wildman–Crippen LogP) is 0.991. The van der Waals surface area contributed by atoms with Crippen LogP contribution in [0.4, 0.5) is 0 Å². The first-order valence-corrected chi connectivity index (χ1v) is 4.03. The van der Waals surface area contributed by atoms with E-state index in [-0.39, 0.29) is 21.7 Å². The molecule has 0 amide bonds. The zero-order chi connectivity index (χ0) is 8.41. The second-order valence-corrected chi connectivity index (χ2v) is 3.07. The molecule has 0 radical (unpaired) electrons. The molecule has 0 saturated heterocycles. The minimum atomic E-state index is -0.685. The molecular formula is C7H15NOSiTi. The van der Waals surface area contributed by atoms with Crippen molar-refractivity contribution in [3.63, 3.8) is 0 Å². The van der Waals surface area contributed by atoms with Crippen molar-refractivity contribution < 1.29 is 26.2 Å². The zero-order valence-electron chi connectivity index (χ0n) is 7.37. The monoisotopic (exact) mass is 205 g/mol. The van der Waals surface area contributed by atoms with Crippen molar-refractivity contribution in [2.24, 2.45) is 0 Å². The van der Waals surface area contributed by atoms with Gasteiger partial charge in [-0.2, -0.15) is 0 Å². The van der Waals surface area contributed by atoms with Gasteiger partial charge in [0.1, 0.15) is 0 Å². The van der Waals surface area contributed by atoms with Gasteiger partial charge in [0.15, 0.2) is 0 Å². The van der Waals surface area contributed by atoms with Crippen LogP contribution in [0.3, 0.4) is 0 Å². The second kappa shape index (κ2) is 16.5. The number of rotatable bonds is 2. The third-order valence-corrected chi connectivity index (χ3v) is 0.961. The van der Waals surface area contributed by atoms with Crippen LogP contribution in [0.1, 0.15) is 6.92 Å². The molecule has 0 saturated carbocycles. The first-order valence-electron chi connectivity index (χ1n) is 3.04. The third kappa shape index (κ3) is 39.9. The van der Waals surface area contributed by atoms with E-state index in [2.05, 4.69) is 6.58 Å². The van der Waals surface area contributed by atoms with Crippen molar-refractivity contribution in [1.82, 2.24) is 4.57 Å². The van der Waals surface area contributed by atoms with Crippen LogP contribution < -0.4 is 0 Å². The van der Waals surface area contributed by atoms with E-state index in [1.807, 2.05) is 19.1 Å². The maximum Gasteiger partial charge on any atom is 0.378 e. The molecule has 0 aromatic carbocycles. The van der Waals surface area contributed by atoms with Gasteiger partial charge in [-0.05, 0) is 21.0 Å². The van der Waals surface area contributed by atoms with E-state index in [4.69, 9.17) is 0 Å². The van der Waals surface area contributed by atoms with Gasteiger partial charge in [0.2, 0.25) is 0 Å². The molecule has 0 aliphatic rings. The Kier molecular flexibility index (Phi) is 25.9. The molecule has 0 fully saturated rings. The summed E-state index contributed by atoms with van der Waals surface area (Å²) in [5, 5.41) is 0. The van der Waals surface area contributed by atoms with Crippen LogP contribution in [-0.4, -0.2) is 28.2 Å². The largest absolute Gasteiger partial charge is 0.385 e. The molecule has 0 N–H and O–H groups in total. The van der Waals surface area contributed by atoms with Crippen LogP contribution in [0, 0.1) is 0 Å². The summed E-state index contributed by atoms with van der Waals surface area (Å²) < 4.78 is 11.3. The summed E-state index contributed by atoms with van der Waals surface area (Å²) in [6, 6.07) is 0. The van der Waals surface area contributed by atoms with Gasteiger partial charge in [0.05, 0.1) is 0 Å². The fourth-order valence-corrected chi connectivity index (χ4v) is 0.136. The van der Waals surface area contributed by atoms with E-state index in [0.717, 1.165) is 0 Å². The third-order valence-electron chi connectivity index (χ3n) is 0.539. The molecule has 62 valence electrons. The Bertz CT molecular complexity index is 115. The fraction of sp³-hybridized carbons (Fsp3) is 0.429. The van der Waals surface area contributed by atoms with E-state index >= 15 is 0 Å². The molecule has 0 unspecified atom stereocenters. The Morgan fingerprint density at radius 2 is 1.82 bits per heavy atom. The standard InChI is InChI=1S/C5H8.C2H7NOSi.Ti/c1-3-5-4-2;1-3(2)5-4;/h3-5H,1H2,2H3;5H,1-2H3;. The van der Waals surface area contributed by atoms with E-state index in [1.54, 1.807) is 24.7 Å². The molecule has 0 aliphatic carbocycles. The van der Waals surface area contributed by atoms with Gasteiger partial charge in [0, 0.05) is 21.7 Å². The van der Waals surface area contributed by atoms with Gasteiger partial charge in [-0.15, -0.1) is 0 Å². The quantitative estimate of drug-likeness (QED) is 0.495. The Morgan fingerprint density at radius 3 is 1.82 bits per heavy atom. The van der Waals surface area contributed by atoms with Crippen LogP contribution >= 0.6 is 0 Å². The zero-order valence-corrected chi connectivity index (χ0v) is 10.1. The Balaban J connectivity index is -0.000000107. The van der Waals surface area contributed by atoms with Gasteiger partial charge in [-0.1, -0.05) is 24.8 Å². The smallest absolute Gasteiger partial charge is 0.378 e. The van der Waals surface area contributed by atoms with E-state index < -0.39 is 9.57 Å². The van der Waals surface area contributed by atoms with E-state index in [9.17, 15) is 4.46 Å². The van der Waals surface area contributed by atoms with Crippen LogP contribution in [0.25, 0.3) is 0 Å². The topological polar surface area (TPSA) is 20.3 Å². The fourth-order valence-electron chi connectivity index (χ4n) is 0.136. The number of allylic oxidation sites excluding steroid dienone is 3. The summed E-state index contributed by atoms with van der Waals surface area (Å²) in [4.78, 5) is 0. The first kappa shape index (κ1) is 17.2. The summed E-state index contributed by atoms with van der Waals surface area (Å²) in [6.45, 7) is 5.42. The van der Waals surface area contributed by atoms with Gasteiger partial charge >= 0.3 is 9.57 Å². The van der Waals surface area contributed by atoms with Crippen molar-refractivity contribution in [2.75, 3.05) is 14.1 Å². The summed E-state index contributed by atoms with van der Waals surface area (Å²) in [5.74, 6) is 0. The van der Waals surface area contributed by atoms with Crippen LogP contribution in [-0.2, 0) is 26.2 Å². The molecule has 0 atom stereocenters. The number of nitrogens with zero attached hydrogens (tertiary/aromatic N) is 1. The summed E-state index contributed by atoms with van der Waals surface area (Å²) in [7, 11) is 2.87. The molecular weight excluding hydrogens is 190 g/mol. The predicted molar refractivity (Wildman–Crippen MR) is 46.5 cm³/mol. The summed E-state index contributed by atoms with van der Waals surface area (Å²) >= 11 is 0. The maximum absolute atomic E-state index is 9.64. The van der Waals surface area contributed by atoms with E-state index in [0.29, 0.717) is 0 Å². The van der Waals surface area contributed by atoms with Crippen LogP contribution in [0.5, 0.6) is 0 Å². The minimum absolute atomic E-state index is 0. The molecule has 0 spiro atoms. The Hall–Kier alpha value is 0.0112. The molecule has 2 nitrogen and oxygen atoms in total. The second-order valence-electron chi connectivity index (χ2n) is 1.83. The molecule has 0 bridgehead atoms. The molecule has 0 heterocycles. The van der Waals surface area contributed by atoms with Crippen LogP contribution in [0.15, 0.2) is 24.8 Å². The SMILES string of the molecule is C=CC=CC.CN(C)[SiH]=O.[Ti]. The van der Waals surface area contributed by atoms with Crippen molar-refractivity contribution in [3.8, 4) is 0 Å². The Morgan fingerprint density at radius 1 is 1.45 bits per heavy atom. The van der Waals surface area contributed by atoms with Crippen molar-refractivity contribution >= 4 is 9.57 Å². The van der Waals surface area contributed by atoms with Crippen molar-refractivity contribution in [3.05, 3.63) is 24.8 Å². The average Bonchev–Trinajstić information content (AvgIpc) is 1.91. The summed E-state index contributed by atoms with van der Waals surface area (Å²) in [5.41, 5.74) is 0. The number of hydrogen-bond acceptors (Lipinski definition) is 1. The van der Waals surface area contributed by atoms with Gasteiger partial charge < -0.3 is 9.03 Å². The molecule has 0 aliphatic heterocycles. The normalized spacial score (nSPS) is 7.18. The van der Waals surface area contributed by atoms with Crippen molar-refractivity contribution in [1.29, 1.82) is 0 Å². The van der Waals surface area contributed by atoms with Gasteiger partial charge in [-0.25, -0.2) is 0 Å². The van der Waals surface area contributed by atoms with Crippen molar-refractivity contribution in [2.45, 2.75) is 6.92 Å². The molecule has 0 aromatic heterocycles. The molecule has 0 aromatic rings.